The summed E-state index contributed by atoms with van der Waals surface area (Å²) in [6.07, 6.45) is 2.89. The highest BCUT2D eigenvalue weighted by atomic mass is 19.1. The van der Waals surface area contributed by atoms with Crippen LogP contribution in [0.15, 0.2) is 59.5 Å². The molecule has 0 fully saturated rings. The van der Waals surface area contributed by atoms with Crippen molar-refractivity contribution in [3.05, 3.63) is 60.9 Å². The highest BCUT2D eigenvalue weighted by Crippen LogP contribution is 2.40. The van der Waals surface area contributed by atoms with Gasteiger partial charge in [0.1, 0.15) is 12.4 Å². The van der Waals surface area contributed by atoms with Crippen LogP contribution in [0.3, 0.4) is 0 Å². The van der Waals surface area contributed by atoms with E-state index in [1.807, 2.05) is 6.07 Å². The van der Waals surface area contributed by atoms with Gasteiger partial charge in [0.05, 0.1) is 24.6 Å². The first-order chi connectivity index (χ1) is 12.1. The lowest BCUT2D eigenvalue weighted by Gasteiger charge is -2.26. The molecular weight excluding hydrogens is 325 g/mol. The zero-order valence-corrected chi connectivity index (χ0v) is 13.5. The van der Waals surface area contributed by atoms with Crippen LogP contribution >= 0.6 is 0 Å². The molecule has 1 amide bonds. The Hall–Kier alpha value is -3.35. The number of anilines is 2. The molecule has 2 N–H and O–H groups in total. The number of oxazole rings is 1. The molecule has 0 aliphatic heterocycles. The van der Waals surface area contributed by atoms with Gasteiger partial charge in [-0.25, -0.2) is 9.37 Å². The number of methoxy groups -OCH3 is 1. The Morgan fingerprint density at radius 3 is 2.64 bits per heavy atom. The number of aromatic nitrogens is 1. The Bertz CT molecular complexity index is 864. The first-order valence-electron chi connectivity index (χ1n) is 7.47. The summed E-state index contributed by atoms with van der Waals surface area (Å²) in [7, 11) is 1.52. The van der Waals surface area contributed by atoms with Gasteiger partial charge in [-0.05, 0) is 36.4 Å². The molecule has 3 rings (SSSR count). The van der Waals surface area contributed by atoms with Gasteiger partial charge in [0, 0.05) is 5.69 Å². The fourth-order valence-corrected chi connectivity index (χ4v) is 2.59. The van der Waals surface area contributed by atoms with Crippen LogP contribution in [-0.4, -0.2) is 24.5 Å². The number of para-hydroxylation sites is 1. The van der Waals surface area contributed by atoms with Gasteiger partial charge in [-0.3, -0.25) is 4.79 Å². The van der Waals surface area contributed by atoms with Crippen molar-refractivity contribution in [2.24, 2.45) is 5.73 Å². The van der Waals surface area contributed by atoms with Gasteiger partial charge in [-0.2, -0.15) is 0 Å². The molecule has 1 heterocycles. The summed E-state index contributed by atoms with van der Waals surface area (Å²) < 4.78 is 24.2. The molecule has 7 heteroatoms. The molecule has 0 saturated heterocycles. The average molecular weight is 341 g/mol. The Morgan fingerprint density at radius 2 is 2.04 bits per heavy atom. The zero-order valence-electron chi connectivity index (χ0n) is 13.5. The SMILES string of the molecule is COc1c(-c2cnco2)cccc1N(CC(N)=O)c1ccc(F)cc1. The predicted octanol–water partition coefficient (Wildman–Crippen LogP) is 3.11. The van der Waals surface area contributed by atoms with E-state index in [0.29, 0.717) is 28.4 Å². The fraction of sp³-hybridized carbons (Fsp3) is 0.111. The standard InChI is InChI=1S/C18H16FN3O3/c1-24-18-14(16-9-21-11-25-16)3-2-4-15(18)22(10-17(20)23)13-7-5-12(19)6-8-13/h2-9,11H,10H2,1H3,(H2,20,23). The van der Waals surface area contributed by atoms with Gasteiger partial charge in [0.2, 0.25) is 5.91 Å². The number of nitrogens with two attached hydrogens (primary N) is 1. The van der Waals surface area contributed by atoms with E-state index in [-0.39, 0.29) is 12.4 Å². The molecule has 25 heavy (non-hydrogen) atoms. The number of halogens is 1. The van der Waals surface area contributed by atoms with E-state index in [1.54, 1.807) is 35.4 Å². The minimum atomic E-state index is -0.531. The van der Waals surface area contributed by atoms with E-state index in [4.69, 9.17) is 14.9 Å². The Morgan fingerprint density at radius 1 is 1.28 bits per heavy atom. The number of primary amides is 1. The van der Waals surface area contributed by atoms with Crippen molar-refractivity contribution >= 4 is 17.3 Å². The lowest BCUT2D eigenvalue weighted by molar-refractivity contribution is -0.116. The van der Waals surface area contributed by atoms with Crippen LogP contribution in [-0.2, 0) is 4.79 Å². The summed E-state index contributed by atoms with van der Waals surface area (Å²) in [5, 5.41) is 0. The third kappa shape index (κ3) is 3.45. The minimum absolute atomic E-state index is 0.0954. The number of nitrogens with zero attached hydrogens (tertiary/aromatic N) is 2. The molecular formula is C18H16FN3O3. The van der Waals surface area contributed by atoms with Crippen LogP contribution in [0.1, 0.15) is 0 Å². The summed E-state index contributed by atoms with van der Waals surface area (Å²) in [6, 6.07) is 11.2. The van der Waals surface area contributed by atoms with Crippen LogP contribution in [0.2, 0.25) is 0 Å². The van der Waals surface area contributed by atoms with Gasteiger partial charge in [0.25, 0.3) is 0 Å². The predicted molar refractivity (Wildman–Crippen MR) is 91.1 cm³/mol. The van der Waals surface area contributed by atoms with E-state index < -0.39 is 5.91 Å². The van der Waals surface area contributed by atoms with E-state index in [0.717, 1.165) is 0 Å². The van der Waals surface area contributed by atoms with Crippen molar-refractivity contribution in [3.8, 4) is 17.1 Å². The van der Waals surface area contributed by atoms with Crippen molar-refractivity contribution in [1.82, 2.24) is 4.98 Å². The molecule has 0 unspecified atom stereocenters. The number of hydrogen-bond acceptors (Lipinski definition) is 5. The van der Waals surface area contributed by atoms with Gasteiger partial charge in [0.15, 0.2) is 17.9 Å². The number of benzene rings is 2. The molecule has 0 spiro atoms. The largest absolute Gasteiger partial charge is 0.494 e. The molecule has 3 aromatic rings. The molecule has 0 aliphatic carbocycles. The third-order valence-electron chi connectivity index (χ3n) is 3.64. The average Bonchev–Trinajstić information content (AvgIpc) is 3.14. The van der Waals surface area contributed by atoms with Gasteiger partial charge in [-0.1, -0.05) is 6.07 Å². The summed E-state index contributed by atoms with van der Waals surface area (Å²) in [6.45, 7) is -0.0954. The van der Waals surface area contributed by atoms with E-state index >= 15 is 0 Å². The Labute approximate surface area is 143 Å². The minimum Gasteiger partial charge on any atom is -0.494 e. The third-order valence-corrected chi connectivity index (χ3v) is 3.64. The number of ether oxygens (including phenoxy) is 1. The molecule has 0 bridgehead atoms. The molecule has 2 aromatic carbocycles. The van der Waals surface area contributed by atoms with Crippen molar-refractivity contribution in [3.63, 3.8) is 0 Å². The molecule has 128 valence electrons. The molecule has 1 aromatic heterocycles. The second-order valence-corrected chi connectivity index (χ2v) is 5.25. The van der Waals surface area contributed by atoms with Crippen molar-refractivity contribution in [2.75, 3.05) is 18.6 Å². The van der Waals surface area contributed by atoms with Crippen molar-refractivity contribution < 1.29 is 18.3 Å². The second kappa shape index (κ2) is 7.04. The monoisotopic (exact) mass is 341 g/mol. The number of carbonyl (C=O) groups is 1. The van der Waals surface area contributed by atoms with Gasteiger partial charge >= 0.3 is 0 Å². The van der Waals surface area contributed by atoms with Crippen LogP contribution in [0.5, 0.6) is 5.75 Å². The van der Waals surface area contributed by atoms with Crippen LogP contribution in [0.4, 0.5) is 15.8 Å². The summed E-state index contributed by atoms with van der Waals surface area (Å²) in [4.78, 5) is 17.1. The lowest BCUT2D eigenvalue weighted by Crippen LogP contribution is -2.30. The highest BCUT2D eigenvalue weighted by molar-refractivity contribution is 5.86. The van der Waals surface area contributed by atoms with Crippen molar-refractivity contribution in [1.29, 1.82) is 0 Å². The van der Waals surface area contributed by atoms with Crippen molar-refractivity contribution in [2.45, 2.75) is 0 Å². The fourth-order valence-electron chi connectivity index (χ4n) is 2.59. The molecule has 0 aliphatic rings. The number of carbonyl (C=O) groups excluding carboxylic acids is 1. The first-order valence-corrected chi connectivity index (χ1v) is 7.47. The van der Waals surface area contributed by atoms with Gasteiger partial charge in [-0.15, -0.1) is 0 Å². The number of hydrogen-bond donors (Lipinski definition) is 1. The first kappa shape index (κ1) is 16.5. The lowest BCUT2D eigenvalue weighted by atomic mass is 10.1. The maximum absolute atomic E-state index is 13.3. The maximum Gasteiger partial charge on any atom is 0.237 e. The van der Waals surface area contributed by atoms with Crippen LogP contribution in [0.25, 0.3) is 11.3 Å². The summed E-state index contributed by atoms with van der Waals surface area (Å²) in [5.74, 6) is 0.114. The molecule has 0 atom stereocenters. The Kier molecular flexibility index (Phi) is 4.65. The van der Waals surface area contributed by atoms with E-state index in [9.17, 15) is 9.18 Å². The van der Waals surface area contributed by atoms with Gasteiger partial charge < -0.3 is 19.8 Å². The van der Waals surface area contributed by atoms with Crippen LogP contribution in [0, 0.1) is 5.82 Å². The second-order valence-electron chi connectivity index (χ2n) is 5.25. The molecule has 0 saturated carbocycles. The molecule has 6 nitrogen and oxygen atoms in total. The van der Waals surface area contributed by atoms with E-state index in [1.165, 1.54) is 25.6 Å². The normalized spacial score (nSPS) is 10.5. The summed E-state index contributed by atoms with van der Waals surface area (Å²) >= 11 is 0. The smallest absolute Gasteiger partial charge is 0.237 e. The Balaban J connectivity index is 2.14. The molecule has 0 radical (unpaired) electrons. The maximum atomic E-state index is 13.3. The zero-order chi connectivity index (χ0) is 17.8. The topological polar surface area (TPSA) is 81.6 Å². The van der Waals surface area contributed by atoms with E-state index in [2.05, 4.69) is 4.98 Å². The van der Waals surface area contributed by atoms with Crippen LogP contribution < -0.4 is 15.4 Å². The summed E-state index contributed by atoms with van der Waals surface area (Å²) in [5.41, 5.74) is 7.28. The number of amides is 1. The highest BCUT2D eigenvalue weighted by Gasteiger charge is 2.20. The quantitative estimate of drug-likeness (QED) is 0.745. The number of rotatable bonds is 6.